The number of likely N-dealkylation sites (tertiary alicyclic amines) is 1. The molecule has 1 aliphatic rings. The van der Waals surface area contributed by atoms with E-state index in [9.17, 15) is 9.59 Å². The number of pyridine rings is 1. The lowest BCUT2D eigenvalue weighted by Gasteiger charge is -2.33. The minimum atomic E-state index is -0.393. The number of anilines is 1. The van der Waals surface area contributed by atoms with E-state index in [0.717, 1.165) is 18.7 Å². The van der Waals surface area contributed by atoms with Gasteiger partial charge in [-0.05, 0) is 30.5 Å². The fourth-order valence-electron chi connectivity index (χ4n) is 3.03. The molecule has 0 radical (unpaired) electrons. The molecule has 126 valence electrons. The molecule has 1 N–H and O–H groups in total. The molecule has 1 fully saturated rings. The van der Waals surface area contributed by atoms with E-state index in [2.05, 4.69) is 21.0 Å². The van der Waals surface area contributed by atoms with E-state index in [-0.39, 0.29) is 17.4 Å². The highest BCUT2D eigenvalue weighted by atomic mass is 16.2. The fourth-order valence-corrected chi connectivity index (χ4v) is 3.03. The summed E-state index contributed by atoms with van der Waals surface area (Å²) in [4.78, 5) is 38.8. The van der Waals surface area contributed by atoms with Gasteiger partial charge in [0.15, 0.2) is 0 Å². The number of H-pyrrole nitrogens is 1. The summed E-state index contributed by atoms with van der Waals surface area (Å²) in [6.45, 7) is 1.26. The van der Waals surface area contributed by atoms with Gasteiger partial charge in [0.1, 0.15) is 11.4 Å². The molecule has 1 atom stereocenters. The number of aromatic amines is 1. The van der Waals surface area contributed by atoms with Crippen LogP contribution in [0, 0.1) is 0 Å². The fraction of sp³-hybridized carbons (Fsp3) is 0.412. The Kier molecular flexibility index (Phi) is 4.59. The van der Waals surface area contributed by atoms with E-state index < -0.39 is 5.56 Å². The number of carbonyl (C=O) groups excluding carboxylic acids is 1. The molecule has 1 aliphatic heterocycles. The lowest BCUT2D eigenvalue weighted by atomic mass is 9.91. The van der Waals surface area contributed by atoms with Gasteiger partial charge in [0, 0.05) is 45.5 Å². The molecular formula is C17H21N5O2. The highest BCUT2D eigenvalue weighted by Crippen LogP contribution is 2.28. The molecule has 1 unspecified atom stereocenters. The summed E-state index contributed by atoms with van der Waals surface area (Å²) in [5, 5.41) is 0. The van der Waals surface area contributed by atoms with Crippen LogP contribution in [0.25, 0.3) is 0 Å². The van der Waals surface area contributed by atoms with Gasteiger partial charge >= 0.3 is 0 Å². The van der Waals surface area contributed by atoms with Crippen molar-refractivity contribution in [3.05, 3.63) is 52.3 Å². The van der Waals surface area contributed by atoms with Crippen LogP contribution in [0.3, 0.4) is 0 Å². The number of hydrogen-bond donors (Lipinski definition) is 1. The summed E-state index contributed by atoms with van der Waals surface area (Å²) in [5.41, 5.74) is 0.879. The summed E-state index contributed by atoms with van der Waals surface area (Å²) in [6.07, 6.45) is 6.36. The van der Waals surface area contributed by atoms with Crippen LogP contribution in [0.4, 0.5) is 5.82 Å². The lowest BCUT2D eigenvalue weighted by Crippen LogP contribution is -2.41. The van der Waals surface area contributed by atoms with Gasteiger partial charge in [-0.15, -0.1) is 0 Å². The van der Waals surface area contributed by atoms with Crippen molar-refractivity contribution < 1.29 is 4.79 Å². The van der Waals surface area contributed by atoms with Gasteiger partial charge < -0.3 is 14.8 Å². The first-order chi connectivity index (χ1) is 11.6. The SMILES string of the molecule is CN(C)c1cc(C2CCCN(C(=O)c3cnc[nH]c3=O)C2)ccn1. The van der Waals surface area contributed by atoms with Crippen LogP contribution in [0.1, 0.15) is 34.7 Å². The van der Waals surface area contributed by atoms with Gasteiger partial charge in [-0.2, -0.15) is 0 Å². The molecule has 7 heteroatoms. The van der Waals surface area contributed by atoms with Gasteiger partial charge in [-0.1, -0.05) is 0 Å². The second-order valence-electron chi connectivity index (χ2n) is 6.23. The van der Waals surface area contributed by atoms with Crippen LogP contribution in [0.5, 0.6) is 0 Å². The molecular weight excluding hydrogens is 306 g/mol. The van der Waals surface area contributed by atoms with E-state index in [4.69, 9.17) is 0 Å². The zero-order valence-electron chi connectivity index (χ0n) is 13.9. The molecule has 1 amide bonds. The summed E-state index contributed by atoms with van der Waals surface area (Å²) >= 11 is 0. The van der Waals surface area contributed by atoms with E-state index in [1.54, 1.807) is 11.1 Å². The lowest BCUT2D eigenvalue weighted by molar-refractivity contribution is 0.0705. The Bertz CT molecular complexity index is 786. The standard InChI is InChI=1S/C17H21N5O2/c1-21(2)15-8-12(5-6-19-15)13-4-3-7-22(10-13)17(24)14-9-18-11-20-16(14)23/h5-6,8-9,11,13H,3-4,7,10H2,1-2H3,(H,18,20,23). The van der Waals surface area contributed by atoms with Crippen LogP contribution < -0.4 is 10.5 Å². The van der Waals surface area contributed by atoms with Crippen molar-refractivity contribution >= 4 is 11.7 Å². The molecule has 7 nitrogen and oxygen atoms in total. The Balaban J connectivity index is 1.80. The van der Waals surface area contributed by atoms with Gasteiger partial charge in [0.25, 0.3) is 11.5 Å². The number of aromatic nitrogens is 3. The number of nitrogens with zero attached hydrogens (tertiary/aromatic N) is 4. The van der Waals surface area contributed by atoms with Crippen molar-refractivity contribution in [2.24, 2.45) is 0 Å². The Labute approximate surface area is 140 Å². The first kappa shape index (κ1) is 16.2. The zero-order chi connectivity index (χ0) is 17.1. The van der Waals surface area contributed by atoms with Gasteiger partial charge in [-0.3, -0.25) is 9.59 Å². The third-order valence-electron chi connectivity index (χ3n) is 4.36. The number of rotatable bonds is 3. The van der Waals surface area contributed by atoms with Crippen LogP contribution in [0.2, 0.25) is 0 Å². The molecule has 3 heterocycles. The molecule has 3 rings (SSSR count). The number of carbonyl (C=O) groups is 1. The smallest absolute Gasteiger partial charge is 0.263 e. The minimum Gasteiger partial charge on any atom is -0.363 e. The van der Waals surface area contributed by atoms with E-state index in [1.165, 1.54) is 18.1 Å². The molecule has 2 aromatic rings. The van der Waals surface area contributed by atoms with E-state index >= 15 is 0 Å². The van der Waals surface area contributed by atoms with Crippen molar-refractivity contribution in [3.8, 4) is 0 Å². The van der Waals surface area contributed by atoms with Crippen molar-refractivity contribution in [2.75, 3.05) is 32.1 Å². The highest BCUT2D eigenvalue weighted by molar-refractivity contribution is 5.93. The minimum absolute atomic E-state index is 0.0989. The van der Waals surface area contributed by atoms with Crippen LogP contribution in [-0.4, -0.2) is 52.9 Å². The molecule has 0 aliphatic carbocycles. The predicted molar refractivity (Wildman–Crippen MR) is 91.3 cm³/mol. The first-order valence-corrected chi connectivity index (χ1v) is 8.01. The normalized spacial score (nSPS) is 17.6. The third-order valence-corrected chi connectivity index (χ3v) is 4.36. The molecule has 0 aromatic carbocycles. The van der Waals surface area contributed by atoms with Gasteiger partial charge in [0.05, 0.1) is 6.33 Å². The molecule has 0 spiro atoms. The second-order valence-corrected chi connectivity index (χ2v) is 6.23. The maximum absolute atomic E-state index is 12.6. The monoisotopic (exact) mass is 327 g/mol. The topological polar surface area (TPSA) is 82.2 Å². The van der Waals surface area contributed by atoms with Crippen molar-refractivity contribution in [2.45, 2.75) is 18.8 Å². The predicted octanol–water partition coefficient (Wildman–Crippen LogP) is 1.25. The third kappa shape index (κ3) is 3.29. The zero-order valence-corrected chi connectivity index (χ0v) is 13.9. The van der Waals surface area contributed by atoms with Crippen LogP contribution in [0.15, 0.2) is 35.6 Å². The van der Waals surface area contributed by atoms with Crippen molar-refractivity contribution in [3.63, 3.8) is 0 Å². The summed E-state index contributed by atoms with van der Waals surface area (Å²) in [7, 11) is 3.91. The van der Waals surface area contributed by atoms with Crippen molar-refractivity contribution in [1.29, 1.82) is 0 Å². The Morgan fingerprint density at radius 1 is 1.42 bits per heavy atom. The number of hydrogen-bond acceptors (Lipinski definition) is 5. The molecule has 1 saturated heterocycles. The quantitative estimate of drug-likeness (QED) is 0.917. The van der Waals surface area contributed by atoms with Gasteiger partial charge in [0.2, 0.25) is 0 Å². The number of piperidine rings is 1. The second kappa shape index (κ2) is 6.82. The van der Waals surface area contributed by atoms with Crippen molar-refractivity contribution in [1.82, 2.24) is 19.9 Å². The average molecular weight is 327 g/mol. The first-order valence-electron chi connectivity index (χ1n) is 8.01. The molecule has 2 aromatic heterocycles. The maximum atomic E-state index is 12.6. The highest BCUT2D eigenvalue weighted by Gasteiger charge is 2.27. The largest absolute Gasteiger partial charge is 0.363 e. The maximum Gasteiger partial charge on any atom is 0.263 e. The Hall–Kier alpha value is -2.70. The summed E-state index contributed by atoms with van der Waals surface area (Å²) < 4.78 is 0. The number of amides is 1. The summed E-state index contributed by atoms with van der Waals surface area (Å²) in [5.74, 6) is 0.899. The van der Waals surface area contributed by atoms with Gasteiger partial charge in [-0.25, -0.2) is 9.97 Å². The van der Waals surface area contributed by atoms with E-state index in [1.807, 2.05) is 25.1 Å². The molecule has 0 bridgehead atoms. The Morgan fingerprint density at radius 2 is 2.25 bits per heavy atom. The van der Waals surface area contributed by atoms with E-state index in [0.29, 0.717) is 13.1 Å². The van der Waals surface area contributed by atoms with Crippen LogP contribution >= 0.6 is 0 Å². The molecule has 24 heavy (non-hydrogen) atoms. The Morgan fingerprint density at radius 3 is 3.00 bits per heavy atom. The molecule has 0 saturated carbocycles. The summed E-state index contributed by atoms with van der Waals surface area (Å²) in [6, 6.07) is 4.07. The average Bonchev–Trinajstić information content (AvgIpc) is 2.62. The van der Waals surface area contributed by atoms with Crippen LogP contribution in [-0.2, 0) is 0 Å². The number of nitrogens with one attached hydrogen (secondary N) is 1.